The first-order valence-electron chi connectivity index (χ1n) is 5.23. The second-order valence-electron chi connectivity index (χ2n) is 4.09. The lowest BCUT2D eigenvalue weighted by Crippen LogP contribution is -2.13. The summed E-state index contributed by atoms with van der Waals surface area (Å²) in [5.41, 5.74) is 0. The van der Waals surface area contributed by atoms with E-state index in [2.05, 4.69) is 12.2 Å². The first-order valence-corrected chi connectivity index (χ1v) is 5.23. The highest BCUT2D eigenvalue weighted by atomic mass is 16.1. The normalized spacial score (nSPS) is 32.8. The van der Waals surface area contributed by atoms with E-state index in [-0.39, 0.29) is 0 Å². The molecular weight excluding hydrogens is 160 g/mol. The van der Waals surface area contributed by atoms with Gasteiger partial charge in [0, 0.05) is 5.92 Å². The van der Waals surface area contributed by atoms with Crippen LogP contribution in [0, 0.1) is 11.8 Å². The van der Waals surface area contributed by atoms with Crippen molar-refractivity contribution < 1.29 is 4.79 Å². The third-order valence-electron chi connectivity index (χ3n) is 3.05. The van der Waals surface area contributed by atoms with Gasteiger partial charge in [-0.15, -0.1) is 0 Å². The Morgan fingerprint density at radius 1 is 1.38 bits per heavy atom. The third kappa shape index (κ3) is 2.09. The number of carbonyl (C=O) groups excluding carboxylic acids is 1. The van der Waals surface area contributed by atoms with E-state index in [0.29, 0.717) is 17.6 Å². The van der Waals surface area contributed by atoms with Gasteiger partial charge in [0.25, 0.3) is 0 Å². The number of ketones is 1. The fourth-order valence-corrected chi connectivity index (χ4v) is 2.26. The average Bonchev–Trinajstić information content (AvgIpc) is 2.54. The van der Waals surface area contributed by atoms with E-state index in [9.17, 15) is 4.79 Å². The molecule has 0 aliphatic heterocycles. The molecule has 2 aliphatic carbocycles. The summed E-state index contributed by atoms with van der Waals surface area (Å²) >= 11 is 0. The molecule has 2 unspecified atom stereocenters. The highest BCUT2D eigenvalue weighted by Gasteiger charge is 2.22. The monoisotopic (exact) mass is 176 g/mol. The zero-order valence-corrected chi connectivity index (χ0v) is 7.91. The lowest BCUT2D eigenvalue weighted by molar-refractivity contribution is -0.117. The molecule has 0 bridgehead atoms. The molecule has 0 saturated carbocycles. The molecule has 0 heterocycles. The van der Waals surface area contributed by atoms with Crippen LogP contribution in [0.25, 0.3) is 0 Å². The largest absolute Gasteiger partial charge is 0.295 e. The van der Waals surface area contributed by atoms with Crippen molar-refractivity contribution in [1.82, 2.24) is 0 Å². The van der Waals surface area contributed by atoms with Crippen molar-refractivity contribution in [3.05, 3.63) is 24.3 Å². The van der Waals surface area contributed by atoms with Crippen molar-refractivity contribution in [2.45, 2.75) is 32.1 Å². The minimum atomic E-state index is 0.299. The molecule has 2 aliphatic rings. The molecule has 1 heteroatoms. The summed E-state index contributed by atoms with van der Waals surface area (Å²) in [5.74, 6) is 1.31. The van der Waals surface area contributed by atoms with E-state index in [1.165, 1.54) is 19.3 Å². The van der Waals surface area contributed by atoms with Gasteiger partial charge < -0.3 is 0 Å². The van der Waals surface area contributed by atoms with Gasteiger partial charge >= 0.3 is 0 Å². The van der Waals surface area contributed by atoms with Gasteiger partial charge in [-0.1, -0.05) is 18.2 Å². The van der Waals surface area contributed by atoms with Gasteiger partial charge in [0.2, 0.25) is 0 Å². The van der Waals surface area contributed by atoms with Gasteiger partial charge in [-0.2, -0.15) is 0 Å². The number of rotatable bonds is 2. The molecule has 0 aromatic carbocycles. The predicted molar refractivity (Wildman–Crippen MR) is 53.4 cm³/mol. The summed E-state index contributed by atoms with van der Waals surface area (Å²) in [6.07, 6.45) is 14.2. The Hall–Kier alpha value is -0.850. The van der Waals surface area contributed by atoms with Gasteiger partial charge in [0.05, 0.1) is 0 Å². The average molecular weight is 176 g/mol. The molecule has 70 valence electrons. The van der Waals surface area contributed by atoms with Gasteiger partial charge in [-0.3, -0.25) is 4.79 Å². The van der Waals surface area contributed by atoms with E-state index in [0.717, 1.165) is 12.8 Å². The second kappa shape index (κ2) is 3.91. The standard InChI is InChI=1S/C12H16O/c13-12-8-4-7-11(12)9-10-5-2-1-3-6-10/h2,4-5,8,10-11H,1,3,6-7,9H2. The smallest absolute Gasteiger partial charge is 0.158 e. The summed E-state index contributed by atoms with van der Waals surface area (Å²) in [4.78, 5) is 11.3. The number of carbonyl (C=O) groups is 1. The Morgan fingerprint density at radius 3 is 2.92 bits per heavy atom. The fourth-order valence-electron chi connectivity index (χ4n) is 2.26. The van der Waals surface area contributed by atoms with Crippen molar-refractivity contribution in [2.24, 2.45) is 11.8 Å². The molecule has 0 radical (unpaired) electrons. The van der Waals surface area contributed by atoms with Crippen molar-refractivity contribution >= 4 is 5.78 Å². The zero-order chi connectivity index (χ0) is 9.10. The van der Waals surface area contributed by atoms with Gasteiger partial charge in [0.15, 0.2) is 5.78 Å². The van der Waals surface area contributed by atoms with Crippen LogP contribution in [-0.2, 0) is 4.79 Å². The molecule has 0 spiro atoms. The van der Waals surface area contributed by atoms with Crippen LogP contribution >= 0.6 is 0 Å². The zero-order valence-electron chi connectivity index (χ0n) is 7.91. The van der Waals surface area contributed by atoms with Crippen LogP contribution < -0.4 is 0 Å². The van der Waals surface area contributed by atoms with E-state index < -0.39 is 0 Å². The third-order valence-corrected chi connectivity index (χ3v) is 3.05. The minimum absolute atomic E-state index is 0.299. The molecule has 1 nitrogen and oxygen atoms in total. The van der Waals surface area contributed by atoms with E-state index in [4.69, 9.17) is 0 Å². The van der Waals surface area contributed by atoms with Crippen molar-refractivity contribution in [1.29, 1.82) is 0 Å². The molecule has 0 aromatic heterocycles. The van der Waals surface area contributed by atoms with Crippen LogP contribution in [0.2, 0.25) is 0 Å². The maximum Gasteiger partial charge on any atom is 0.158 e. The van der Waals surface area contributed by atoms with Crippen LogP contribution in [-0.4, -0.2) is 5.78 Å². The van der Waals surface area contributed by atoms with E-state index >= 15 is 0 Å². The molecule has 2 rings (SSSR count). The molecule has 13 heavy (non-hydrogen) atoms. The molecule has 0 N–H and O–H groups in total. The molecule has 0 amide bonds. The minimum Gasteiger partial charge on any atom is -0.295 e. The first-order chi connectivity index (χ1) is 6.36. The molecule has 0 fully saturated rings. The molecule has 0 aromatic rings. The van der Waals surface area contributed by atoms with Crippen LogP contribution in [0.5, 0.6) is 0 Å². The lowest BCUT2D eigenvalue weighted by Gasteiger charge is -2.18. The summed E-state index contributed by atoms with van der Waals surface area (Å²) in [6.45, 7) is 0. The second-order valence-corrected chi connectivity index (χ2v) is 4.09. The maximum absolute atomic E-state index is 11.3. The Labute approximate surface area is 79.5 Å². The van der Waals surface area contributed by atoms with Gasteiger partial charge in [0.1, 0.15) is 0 Å². The lowest BCUT2D eigenvalue weighted by atomic mass is 9.86. The van der Waals surface area contributed by atoms with Crippen molar-refractivity contribution in [3.63, 3.8) is 0 Å². The van der Waals surface area contributed by atoms with Crippen LogP contribution in [0.4, 0.5) is 0 Å². The predicted octanol–water partition coefficient (Wildman–Crippen LogP) is 2.88. The Bertz CT molecular complexity index is 250. The van der Waals surface area contributed by atoms with Crippen LogP contribution in [0.15, 0.2) is 24.3 Å². The Morgan fingerprint density at radius 2 is 2.31 bits per heavy atom. The highest BCUT2D eigenvalue weighted by Crippen LogP contribution is 2.28. The summed E-state index contributed by atoms with van der Waals surface area (Å²) in [5, 5.41) is 0. The molecule has 0 saturated heterocycles. The highest BCUT2D eigenvalue weighted by molar-refractivity contribution is 5.94. The Kier molecular flexibility index (Phi) is 2.62. The van der Waals surface area contributed by atoms with E-state index in [1.807, 2.05) is 6.08 Å². The van der Waals surface area contributed by atoms with Gasteiger partial charge in [-0.25, -0.2) is 0 Å². The van der Waals surface area contributed by atoms with Crippen molar-refractivity contribution in [2.75, 3.05) is 0 Å². The molecular formula is C12H16O. The summed E-state index contributed by atoms with van der Waals surface area (Å²) in [6, 6.07) is 0. The SMILES string of the molecule is O=C1C=CCC1CC1C=CCCC1. The number of hydrogen-bond acceptors (Lipinski definition) is 1. The summed E-state index contributed by atoms with van der Waals surface area (Å²) in [7, 11) is 0. The molecule has 2 atom stereocenters. The van der Waals surface area contributed by atoms with E-state index in [1.54, 1.807) is 6.08 Å². The first kappa shape index (κ1) is 8.74. The fraction of sp³-hybridized carbons (Fsp3) is 0.583. The van der Waals surface area contributed by atoms with Crippen molar-refractivity contribution in [3.8, 4) is 0 Å². The van der Waals surface area contributed by atoms with Crippen LogP contribution in [0.3, 0.4) is 0 Å². The number of hydrogen-bond donors (Lipinski definition) is 0. The Balaban J connectivity index is 1.87. The van der Waals surface area contributed by atoms with Gasteiger partial charge in [-0.05, 0) is 44.1 Å². The van der Waals surface area contributed by atoms with Crippen LogP contribution in [0.1, 0.15) is 32.1 Å². The maximum atomic E-state index is 11.3. The number of allylic oxidation sites excluding steroid dienone is 4. The quantitative estimate of drug-likeness (QED) is 0.591. The summed E-state index contributed by atoms with van der Waals surface area (Å²) < 4.78 is 0. The topological polar surface area (TPSA) is 17.1 Å².